The van der Waals surface area contributed by atoms with Crippen molar-refractivity contribution in [2.75, 3.05) is 11.9 Å². The van der Waals surface area contributed by atoms with Gasteiger partial charge in [-0.1, -0.05) is 12.2 Å². The van der Waals surface area contributed by atoms with Gasteiger partial charge in [0.25, 0.3) is 5.69 Å². The number of allylic oxidation sites excluding steroid dienone is 2. The van der Waals surface area contributed by atoms with Crippen molar-refractivity contribution in [3.8, 4) is 6.07 Å². The van der Waals surface area contributed by atoms with Gasteiger partial charge in [-0.2, -0.15) is 5.26 Å². The highest BCUT2D eigenvalue weighted by atomic mass is 16.6. The van der Waals surface area contributed by atoms with Gasteiger partial charge in [-0.15, -0.1) is 0 Å². The monoisotopic (exact) mass is 258 g/mol. The van der Waals surface area contributed by atoms with Gasteiger partial charge in [-0.05, 0) is 25.2 Å². The average Bonchev–Trinajstić information content (AvgIpc) is 2.45. The maximum atomic E-state index is 10.6. The van der Waals surface area contributed by atoms with Crippen LogP contribution < -0.4 is 5.32 Å². The van der Waals surface area contributed by atoms with E-state index in [1.54, 1.807) is 0 Å². The van der Waals surface area contributed by atoms with Crippen LogP contribution in [-0.2, 0) is 0 Å². The summed E-state index contributed by atoms with van der Waals surface area (Å²) in [5.41, 5.74) is 0.0447. The number of pyridine rings is 1. The third kappa shape index (κ3) is 3.28. The summed E-state index contributed by atoms with van der Waals surface area (Å²) in [6, 6.07) is 3.18. The summed E-state index contributed by atoms with van der Waals surface area (Å²) >= 11 is 0. The number of nitrogens with one attached hydrogen (secondary N) is 1. The molecule has 1 heterocycles. The first-order valence-corrected chi connectivity index (χ1v) is 6.14. The summed E-state index contributed by atoms with van der Waals surface area (Å²) < 4.78 is 0. The molecule has 1 aliphatic rings. The fourth-order valence-electron chi connectivity index (χ4n) is 2.06. The molecule has 0 bridgehead atoms. The molecule has 0 saturated heterocycles. The van der Waals surface area contributed by atoms with Crippen LogP contribution in [0, 0.1) is 27.4 Å². The molecule has 1 aromatic rings. The fourth-order valence-corrected chi connectivity index (χ4v) is 2.06. The molecular weight excluding hydrogens is 244 g/mol. The van der Waals surface area contributed by atoms with Crippen molar-refractivity contribution in [1.29, 1.82) is 5.26 Å². The number of nitrogens with zero attached hydrogens (tertiary/aromatic N) is 3. The van der Waals surface area contributed by atoms with E-state index in [0.29, 0.717) is 11.7 Å². The first-order chi connectivity index (χ1) is 9.20. The maximum Gasteiger partial charge on any atom is 0.289 e. The Kier molecular flexibility index (Phi) is 4.08. The quantitative estimate of drug-likeness (QED) is 0.509. The summed E-state index contributed by atoms with van der Waals surface area (Å²) in [5.74, 6) is 0.941. The van der Waals surface area contributed by atoms with Crippen molar-refractivity contribution in [2.24, 2.45) is 5.92 Å². The third-order valence-electron chi connectivity index (χ3n) is 3.14. The zero-order valence-corrected chi connectivity index (χ0v) is 10.4. The molecule has 1 aliphatic carbocycles. The Morgan fingerprint density at radius 2 is 2.42 bits per heavy atom. The van der Waals surface area contributed by atoms with Crippen LogP contribution in [0.5, 0.6) is 0 Å². The Morgan fingerprint density at radius 3 is 3.05 bits per heavy atom. The number of hydrogen-bond acceptors (Lipinski definition) is 5. The van der Waals surface area contributed by atoms with E-state index in [2.05, 4.69) is 22.5 Å². The molecule has 1 aromatic heterocycles. The summed E-state index contributed by atoms with van der Waals surface area (Å²) in [6.45, 7) is 0.726. The number of rotatable bonds is 4. The first kappa shape index (κ1) is 13.0. The lowest BCUT2D eigenvalue weighted by Crippen LogP contribution is -2.16. The zero-order chi connectivity index (χ0) is 13.7. The topological polar surface area (TPSA) is 91.8 Å². The standard InChI is InChI=1S/C13H14N4O2/c14-7-11-6-12(17(18)19)9-16-13(11)15-8-10-4-2-1-3-5-10/h1-2,6,9-10H,3-5,8H2,(H,15,16). The highest BCUT2D eigenvalue weighted by Crippen LogP contribution is 2.21. The largest absolute Gasteiger partial charge is 0.369 e. The smallest absolute Gasteiger partial charge is 0.289 e. The minimum Gasteiger partial charge on any atom is -0.369 e. The van der Waals surface area contributed by atoms with Crippen molar-refractivity contribution in [1.82, 2.24) is 4.98 Å². The summed E-state index contributed by atoms with van der Waals surface area (Å²) in [4.78, 5) is 14.0. The normalized spacial score (nSPS) is 17.7. The zero-order valence-electron chi connectivity index (χ0n) is 10.4. The van der Waals surface area contributed by atoms with Crippen molar-refractivity contribution >= 4 is 11.5 Å². The van der Waals surface area contributed by atoms with Crippen LogP contribution in [0.3, 0.4) is 0 Å². The molecular formula is C13H14N4O2. The van der Waals surface area contributed by atoms with Gasteiger partial charge >= 0.3 is 0 Å². The minimum atomic E-state index is -0.552. The molecule has 19 heavy (non-hydrogen) atoms. The number of anilines is 1. The minimum absolute atomic E-state index is 0.164. The predicted octanol–water partition coefficient (Wildman–Crippen LogP) is 2.63. The van der Waals surface area contributed by atoms with Crippen LogP contribution in [0.4, 0.5) is 11.5 Å². The van der Waals surface area contributed by atoms with Crippen LogP contribution in [0.15, 0.2) is 24.4 Å². The Balaban J connectivity index is 2.05. The molecule has 0 saturated carbocycles. The average molecular weight is 258 g/mol. The molecule has 2 rings (SSSR count). The maximum absolute atomic E-state index is 10.6. The van der Waals surface area contributed by atoms with Gasteiger partial charge in [0.05, 0.1) is 4.92 Å². The highest BCUT2D eigenvalue weighted by Gasteiger charge is 2.14. The van der Waals surface area contributed by atoms with Crippen molar-refractivity contribution < 1.29 is 4.92 Å². The van der Waals surface area contributed by atoms with E-state index in [1.165, 1.54) is 12.3 Å². The van der Waals surface area contributed by atoms with E-state index in [9.17, 15) is 10.1 Å². The molecule has 0 aliphatic heterocycles. The molecule has 0 amide bonds. The SMILES string of the molecule is N#Cc1cc([N+](=O)[O-])cnc1NCC1CC=CCC1. The number of nitro groups is 1. The molecule has 0 radical (unpaired) electrons. The molecule has 6 nitrogen and oxygen atoms in total. The van der Waals surface area contributed by atoms with E-state index in [1.807, 2.05) is 6.07 Å². The van der Waals surface area contributed by atoms with Gasteiger partial charge in [0.15, 0.2) is 0 Å². The Morgan fingerprint density at radius 1 is 1.58 bits per heavy atom. The second kappa shape index (κ2) is 5.96. The number of nitriles is 1. The summed E-state index contributed by atoms with van der Waals surface area (Å²) in [5, 5.41) is 22.7. The Hall–Kier alpha value is -2.42. The van der Waals surface area contributed by atoms with Crippen LogP contribution in [0.25, 0.3) is 0 Å². The van der Waals surface area contributed by atoms with Crippen molar-refractivity contribution in [3.05, 3.63) is 40.1 Å². The first-order valence-electron chi connectivity index (χ1n) is 6.14. The number of hydrogen-bond donors (Lipinski definition) is 1. The molecule has 1 unspecified atom stereocenters. The van der Waals surface area contributed by atoms with E-state index in [0.717, 1.165) is 25.8 Å². The van der Waals surface area contributed by atoms with Crippen molar-refractivity contribution in [3.63, 3.8) is 0 Å². The fraction of sp³-hybridized carbons (Fsp3) is 0.385. The van der Waals surface area contributed by atoms with Gasteiger partial charge < -0.3 is 5.32 Å². The Bertz CT molecular complexity index is 548. The lowest BCUT2D eigenvalue weighted by Gasteiger charge is -2.18. The highest BCUT2D eigenvalue weighted by molar-refractivity contribution is 5.55. The molecule has 98 valence electrons. The number of aromatic nitrogens is 1. The van der Waals surface area contributed by atoms with Gasteiger partial charge in [0, 0.05) is 12.6 Å². The molecule has 0 aromatic carbocycles. The predicted molar refractivity (Wildman–Crippen MR) is 70.6 cm³/mol. The lowest BCUT2D eigenvalue weighted by atomic mass is 9.94. The van der Waals surface area contributed by atoms with E-state index >= 15 is 0 Å². The van der Waals surface area contributed by atoms with E-state index in [-0.39, 0.29) is 11.3 Å². The molecule has 1 atom stereocenters. The van der Waals surface area contributed by atoms with Crippen LogP contribution in [0.2, 0.25) is 0 Å². The second-order valence-corrected chi connectivity index (χ2v) is 4.49. The van der Waals surface area contributed by atoms with Crippen molar-refractivity contribution in [2.45, 2.75) is 19.3 Å². The lowest BCUT2D eigenvalue weighted by molar-refractivity contribution is -0.385. The van der Waals surface area contributed by atoms with Crippen LogP contribution in [-0.4, -0.2) is 16.5 Å². The van der Waals surface area contributed by atoms with Gasteiger partial charge in [0.2, 0.25) is 0 Å². The Labute approximate surface area is 110 Å². The third-order valence-corrected chi connectivity index (χ3v) is 3.14. The second-order valence-electron chi connectivity index (χ2n) is 4.49. The van der Waals surface area contributed by atoms with Crippen LogP contribution in [0.1, 0.15) is 24.8 Å². The molecule has 0 spiro atoms. The van der Waals surface area contributed by atoms with Crippen LogP contribution >= 0.6 is 0 Å². The molecule has 1 N–H and O–H groups in total. The molecule has 0 fully saturated rings. The summed E-state index contributed by atoms with van der Waals surface area (Å²) in [7, 11) is 0. The van der Waals surface area contributed by atoms with Gasteiger partial charge in [-0.3, -0.25) is 10.1 Å². The summed E-state index contributed by atoms with van der Waals surface area (Å²) in [6.07, 6.45) is 8.70. The van der Waals surface area contributed by atoms with Gasteiger partial charge in [-0.25, -0.2) is 4.98 Å². The van der Waals surface area contributed by atoms with E-state index < -0.39 is 4.92 Å². The molecule has 6 heteroatoms. The van der Waals surface area contributed by atoms with Gasteiger partial charge in [0.1, 0.15) is 23.6 Å². The van der Waals surface area contributed by atoms with E-state index in [4.69, 9.17) is 5.26 Å².